The molecule has 3 aliphatic heterocycles. The smallest absolute Gasteiger partial charge is 0.416 e. The molecule has 0 N–H and O–H groups in total. The lowest BCUT2D eigenvalue weighted by atomic mass is 9.72. The van der Waals surface area contributed by atoms with Gasteiger partial charge in [0.15, 0.2) is 0 Å². The Bertz CT molecular complexity index is 1130. The number of rotatable bonds is 5. The molecular weight excluding hydrogens is 547 g/mol. The van der Waals surface area contributed by atoms with Crippen LogP contribution in [-0.4, -0.2) is 75.8 Å². The Kier molecular flexibility index (Phi) is 8.62. The third kappa shape index (κ3) is 6.30. The van der Waals surface area contributed by atoms with Crippen LogP contribution in [0.4, 0.5) is 18.0 Å². The largest absolute Gasteiger partial charge is 0.444 e. The fourth-order valence-corrected chi connectivity index (χ4v) is 7.59. The van der Waals surface area contributed by atoms with E-state index in [9.17, 15) is 22.8 Å². The predicted molar refractivity (Wildman–Crippen MR) is 152 cm³/mol. The van der Waals surface area contributed by atoms with Crippen LogP contribution in [0.25, 0.3) is 0 Å². The van der Waals surface area contributed by atoms with Crippen molar-refractivity contribution >= 4 is 12.0 Å². The molecule has 4 aliphatic rings. The molecule has 2 amide bonds. The normalized spacial score (nSPS) is 29.2. The van der Waals surface area contributed by atoms with Gasteiger partial charge in [-0.3, -0.25) is 9.69 Å². The van der Waals surface area contributed by atoms with Crippen molar-refractivity contribution in [3.8, 4) is 0 Å². The highest BCUT2D eigenvalue weighted by Gasteiger charge is 2.59. The summed E-state index contributed by atoms with van der Waals surface area (Å²) in [7, 11) is 0. The highest BCUT2D eigenvalue weighted by atomic mass is 19.4. The van der Waals surface area contributed by atoms with Gasteiger partial charge in [0.2, 0.25) is 5.91 Å². The summed E-state index contributed by atoms with van der Waals surface area (Å²) in [6, 6.07) is 5.98. The molecule has 3 heterocycles. The molecule has 10 heteroatoms. The zero-order valence-corrected chi connectivity index (χ0v) is 25.6. The molecule has 1 aromatic carbocycles. The summed E-state index contributed by atoms with van der Waals surface area (Å²) in [6.07, 6.45) is 0.660. The standard InChI is InChI=1S/C32H46F3N3O4/c1-21(2)27-20-41-31-15-12-26(18-24(31)10-11-28(39)38(27)31)37(19-22-6-8-23(9-7-22)32(33,34)35)25-13-16-36(17-14-25)29(40)42-30(3,4)5/h6-9,21,24-27H,10-20H2,1-5H3/t24-,26+,27-,31-/m1/s1. The molecule has 1 spiro atoms. The van der Waals surface area contributed by atoms with Crippen LogP contribution < -0.4 is 0 Å². The van der Waals surface area contributed by atoms with Gasteiger partial charge in [-0.1, -0.05) is 26.0 Å². The van der Waals surface area contributed by atoms with Gasteiger partial charge in [0.25, 0.3) is 0 Å². The van der Waals surface area contributed by atoms with Crippen LogP contribution in [0.2, 0.25) is 0 Å². The van der Waals surface area contributed by atoms with Crippen LogP contribution in [0.15, 0.2) is 24.3 Å². The van der Waals surface area contributed by atoms with Crippen molar-refractivity contribution in [3.63, 3.8) is 0 Å². The molecular formula is C32H46F3N3O4. The number of hydrogen-bond acceptors (Lipinski definition) is 5. The van der Waals surface area contributed by atoms with Gasteiger partial charge in [0, 0.05) is 44.1 Å². The molecule has 234 valence electrons. The van der Waals surface area contributed by atoms with Crippen molar-refractivity contribution in [1.82, 2.24) is 14.7 Å². The average molecular weight is 594 g/mol. The predicted octanol–water partition coefficient (Wildman–Crippen LogP) is 6.45. The SMILES string of the molecule is CC(C)[C@H]1CO[C@]23CC[C@H](N(Cc4ccc(C(F)(F)F)cc4)C4CCN(C(=O)OC(C)(C)C)CC4)C[C@H]2CCC(=O)N13. The van der Waals surface area contributed by atoms with E-state index in [1.807, 2.05) is 20.8 Å². The lowest BCUT2D eigenvalue weighted by Gasteiger charge is -2.54. The van der Waals surface area contributed by atoms with Gasteiger partial charge in [0.05, 0.1) is 18.2 Å². The van der Waals surface area contributed by atoms with Crippen LogP contribution in [0.3, 0.4) is 0 Å². The van der Waals surface area contributed by atoms with E-state index >= 15 is 0 Å². The van der Waals surface area contributed by atoms with Gasteiger partial charge in [-0.25, -0.2) is 4.79 Å². The van der Waals surface area contributed by atoms with Crippen molar-refractivity contribution in [2.75, 3.05) is 19.7 Å². The van der Waals surface area contributed by atoms with Gasteiger partial charge in [-0.2, -0.15) is 13.2 Å². The maximum absolute atomic E-state index is 13.2. The summed E-state index contributed by atoms with van der Waals surface area (Å²) in [6.45, 7) is 12.1. The van der Waals surface area contributed by atoms with Gasteiger partial charge in [0.1, 0.15) is 11.3 Å². The Morgan fingerprint density at radius 2 is 1.74 bits per heavy atom. The number of piperidine rings is 2. The monoisotopic (exact) mass is 593 g/mol. The Hall–Kier alpha value is -2.33. The molecule has 42 heavy (non-hydrogen) atoms. The summed E-state index contributed by atoms with van der Waals surface area (Å²) in [5.74, 6) is 0.725. The van der Waals surface area contributed by atoms with E-state index in [-0.39, 0.29) is 36.0 Å². The van der Waals surface area contributed by atoms with Crippen LogP contribution in [0, 0.1) is 11.8 Å². The van der Waals surface area contributed by atoms with Crippen molar-refractivity contribution in [1.29, 1.82) is 0 Å². The van der Waals surface area contributed by atoms with Crippen LogP contribution in [0.5, 0.6) is 0 Å². The third-order valence-corrected chi connectivity index (χ3v) is 9.72. The summed E-state index contributed by atoms with van der Waals surface area (Å²) in [5.41, 5.74) is -0.906. The van der Waals surface area contributed by atoms with Crippen molar-refractivity contribution < 1.29 is 32.2 Å². The first-order chi connectivity index (χ1) is 19.7. The van der Waals surface area contributed by atoms with Gasteiger partial charge in [-0.15, -0.1) is 0 Å². The van der Waals surface area contributed by atoms with E-state index < -0.39 is 23.1 Å². The molecule has 3 saturated heterocycles. The highest BCUT2D eigenvalue weighted by molar-refractivity contribution is 5.78. The Labute approximate surface area is 247 Å². The van der Waals surface area contributed by atoms with E-state index in [1.165, 1.54) is 0 Å². The first-order valence-corrected chi connectivity index (χ1v) is 15.5. The van der Waals surface area contributed by atoms with E-state index in [2.05, 4.69) is 23.6 Å². The molecule has 5 rings (SSSR count). The molecule has 1 saturated carbocycles. The van der Waals surface area contributed by atoms with Crippen molar-refractivity contribution in [2.45, 2.75) is 122 Å². The number of likely N-dealkylation sites (tertiary alicyclic amines) is 1. The van der Waals surface area contributed by atoms with E-state index in [4.69, 9.17) is 9.47 Å². The van der Waals surface area contributed by atoms with E-state index in [1.54, 1.807) is 17.0 Å². The van der Waals surface area contributed by atoms with Crippen LogP contribution >= 0.6 is 0 Å². The summed E-state index contributed by atoms with van der Waals surface area (Å²) >= 11 is 0. The minimum Gasteiger partial charge on any atom is -0.444 e. The first-order valence-electron chi connectivity index (χ1n) is 15.5. The fraction of sp³-hybridized carbons (Fsp3) is 0.750. The quantitative estimate of drug-likeness (QED) is 0.393. The second-order valence-electron chi connectivity index (χ2n) is 14.0. The van der Waals surface area contributed by atoms with Gasteiger partial charge < -0.3 is 19.3 Å². The Morgan fingerprint density at radius 3 is 2.33 bits per heavy atom. The molecule has 0 aromatic heterocycles. The maximum Gasteiger partial charge on any atom is 0.416 e. The number of nitrogens with zero attached hydrogens (tertiary/aromatic N) is 3. The first kappa shape index (κ1) is 31.1. The van der Waals surface area contributed by atoms with Crippen molar-refractivity contribution in [2.24, 2.45) is 11.8 Å². The summed E-state index contributed by atoms with van der Waals surface area (Å²) < 4.78 is 51.9. The summed E-state index contributed by atoms with van der Waals surface area (Å²) in [4.78, 5) is 32.1. The molecule has 0 radical (unpaired) electrons. The lowest BCUT2D eigenvalue weighted by molar-refractivity contribution is -0.193. The number of halogens is 3. The number of carbonyl (C=O) groups is 2. The molecule has 0 bridgehead atoms. The van der Waals surface area contributed by atoms with Crippen LogP contribution in [-0.2, 0) is 27.0 Å². The number of hydrogen-bond donors (Lipinski definition) is 0. The Balaban J connectivity index is 1.35. The van der Waals surface area contributed by atoms with E-state index in [0.717, 1.165) is 56.2 Å². The minimum absolute atomic E-state index is 0.0947. The average Bonchev–Trinajstić information content (AvgIpc) is 3.32. The maximum atomic E-state index is 13.2. The Morgan fingerprint density at radius 1 is 1.07 bits per heavy atom. The zero-order chi connectivity index (χ0) is 30.4. The molecule has 1 aromatic rings. The number of ether oxygens (including phenoxy) is 2. The minimum atomic E-state index is -4.37. The topological polar surface area (TPSA) is 62.3 Å². The third-order valence-electron chi connectivity index (χ3n) is 9.72. The molecule has 4 fully saturated rings. The van der Waals surface area contributed by atoms with E-state index in [0.29, 0.717) is 38.6 Å². The van der Waals surface area contributed by atoms with Crippen LogP contribution in [0.1, 0.15) is 90.7 Å². The molecule has 4 atom stereocenters. The second-order valence-corrected chi connectivity index (χ2v) is 14.0. The molecule has 1 aliphatic carbocycles. The molecule has 7 nitrogen and oxygen atoms in total. The van der Waals surface area contributed by atoms with Gasteiger partial charge >= 0.3 is 12.3 Å². The number of alkyl halides is 3. The number of amides is 2. The molecule has 0 unspecified atom stereocenters. The number of carbonyl (C=O) groups excluding carboxylic acids is 2. The lowest BCUT2D eigenvalue weighted by Crippen LogP contribution is -2.63. The number of benzene rings is 1. The highest BCUT2D eigenvalue weighted by Crippen LogP contribution is 2.51. The fourth-order valence-electron chi connectivity index (χ4n) is 7.59. The van der Waals surface area contributed by atoms with Crippen molar-refractivity contribution in [3.05, 3.63) is 35.4 Å². The summed E-state index contributed by atoms with van der Waals surface area (Å²) in [5, 5.41) is 0. The zero-order valence-electron chi connectivity index (χ0n) is 25.6. The second kappa shape index (κ2) is 11.6. The van der Waals surface area contributed by atoms with Gasteiger partial charge in [-0.05, 0) is 82.9 Å².